The zero-order valence-electron chi connectivity index (χ0n) is 16.5. The predicted octanol–water partition coefficient (Wildman–Crippen LogP) is 2.93. The van der Waals surface area contributed by atoms with Crippen LogP contribution in [0.1, 0.15) is 16.8 Å². The van der Waals surface area contributed by atoms with Crippen LogP contribution in [-0.2, 0) is 4.79 Å². The lowest BCUT2D eigenvalue weighted by Gasteiger charge is -2.34. The number of rotatable bonds is 5. The highest BCUT2D eigenvalue weighted by Gasteiger charge is 2.36. The number of carbonyl (C=O) groups is 2. The van der Waals surface area contributed by atoms with Crippen LogP contribution in [-0.4, -0.2) is 56.2 Å². The van der Waals surface area contributed by atoms with Crippen LogP contribution in [0.15, 0.2) is 47.5 Å². The summed E-state index contributed by atoms with van der Waals surface area (Å²) in [5.41, 5.74) is 2.92. The van der Waals surface area contributed by atoms with Gasteiger partial charge in [-0.05, 0) is 30.7 Å². The summed E-state index contributed by atoms with van der Waals surface area (Å²) in [6.45, 7) is 1.39. The van der Waals surface area contributed by atoms with Crippen molar-refractivity contribution in [3.05, 3.63) is 48.0 Å². The molecule has 1 atom stereocenters. The van der Waals surface area contributed by atoms with Gasteiger partial charge in [-0.2, -0.15) is 0 Å². The molecule has 1 amide bonds. The van der Waals surface area contributed by atoms with E-state index in [4.69, 9.17) is 9.47 Å². The van der Waals surface area contributed by atoms with Crippen molar-refractivity contribution in [3.8, 4) is 11.5 Å². The number of methoxy groups -OCH3 is 2. The van der Waals surface area contributed by atoms with E-state index in [1.54, 1.807) is 32.4 Å². The Balaban J connectivity index is 1.42. The van der Waals surface area contributed by atoms with Gasteiger partial charge in [-0.15, -0.1) is 0 Å². The summed E-state index contributed by atoms with van der Waals surface area (Å²) < 4.78 is 10.5. The summed E-state index contributed by atoms with van der Waals surface area (Å²) in [6.07, 6.45) is 0.684. The number of carbonyl (C=O) groups excluding carboxylic acids is 2. The smallest absolute Gasteiger partial charge is 0.238 e. The topological polar surface area (TPSA) is 80.2 Å². The van der Waals surface area contributed by atoms with Crippen LogP contribution in [0.25, 0.3) is 0 Å². The van der Waals surface area contributed by atoms with Crippen molar-refractivity contribution in [2.24, 2.45) is 10.9 Å². The molecule has 0 aromatic heterocycles. The molecule has 7 heteroatoms. The zero-order valence-corrected chi connectivity index (χ0v) is 16.5. The van der Waals surface area contributed by atoms with E-state index in [0.717, 1.165) is 11.4 Å². The average molecular weight is 393 g/mol. The lowest BCUT2D eigenvalue weighted by molar-refractivity contribution is -0.117. The molecule has 1 saturated heterocycles. The summed E-state index contributed by atoms with van der Waals surface area (Å²) >= 11 is 0. The van der Waals surface area contributed by atoms with E-state index in [0.29, 0.717) is 42.3 Å². The van der Waals surface area contributed by atoms with Gasteiger partial charge in [0.05, 0.1) is 38.1 Å². The van der Waals surface area contributed by atoms with Crippen molar-refractivity contribution in [2.45, 2.75) is 6.42 Å². The molecule has 1 unspecified atom stereocenters. The maximum Gasteiger partial charge on any atom is 0.238 e. The minimum Gasteiger partial charge on any atom is -0.497 e. The van der Waals surface area contributed by atoms with Crippen molar-refractivity contribution in [1.29, 1.82) is 0 Å². The number of piperidine rings is 1. The standard InChI is InChI=1S/C22H23N3O4/c1-28-14-7-8-19(20(11-14)29-2)24-21(26)13-25-10-9-18-16(12-25)22(27)15-5-3-4-6-17(15)23-18/h3-8,11,16H,9-10,12-13H2,1-2H3,(H,24,26). The van der Waals surface area contributed by atoms with Crippen molar-refractivity contribution >= 4 is 28.8 Å². The number of nitrogens with one attached hydrogen (secondary N) is 1. The molecule has 1 N–H and O–H groups in total. The van der Waals surface area contributed by atoms with Gasteiger partial charge in [-0.3, -0.25) is 19.5 Å². The zero-order chi connectivity index (χ0) is 20.4. The van der Waals surface area contributed by atoms with Gasteiger partial charge in [-0.1, -0.05) is 12.1 Å². The van der Waals surface area contributed by atoms with E-state index >= 15 is 0 Å². The van der Waals surface area contributed by atoms with Gasteiger partial charge in [0.1, 0.15) is 11.5 Å². The minimum atomic E-state index is -0.276. The maximum absolute atomic E-state index is 12.9. The highest BCUT2D eigenvalue weighted by atomic mass is 16.5. The van der Waals surface area contributed by atoms with Crippen molar-refractivity contribution in [1.82, 2.24) is 4.90 Å². The Hall–Kier alpha value is -3.19. The van der Waals surface area contributed by atoms with Crippen LogP contribution in [0.3, 0.4) is 0 Å². The number of amides is 1. The van der Waals surface area contributed by atoms with Gasteiger partial charge in [0, 0.05) is 30.4 Å². The largest absolute Gasteiger partial charge is 0.497 e. The fourth-order valence-corrected chi connectivity index (χ4v) is 3.83. The van der Waals surface area contributed by atoms with E-state index in [2.05, 4.69) is 10.3 Å². The number of nitrogens with zero attached hydrogens (tertiary/aromatic N) is 2. The molecule has 0 spiro atoms. The van der Waals surface area contributed by atoms with Crippen LogP contribution in [0.2, 0.25) is 0 Å². The Morgan fingerprint density at radius 3 is 2.83 bits per heavy atom. The molecule has 150 valence electrons. The third-order valence-electron chi connectivity index (χ3n) is 5.33. The second-order valence-electron chi connectivity index (χ2n) is 7.14. The average Bonchev–Trinajstić information content (AvgIpc) is 2.74. The first-order valence-electron chi connectivity index (χ1n) is 9.54. The number of ketones is 1. The molecule has 2 aliphatic heterocycles. The molecule has 0 saturated carbocycles. The quantitative estimate of drug-likeness (QED) is 0.845. The van der Waals surface area contributed by atoms with Crippen LogP contribution in [0, 0.1) is 5.92 Å². The number of hydrogen-bond donors (Lipinski definition) is 1. The molecule has 2 aromatic carbocycles. The third-order valence-corrected chi connectivity index (χ3v) is 5.33. The van der Waals surface area contributed by atoms with E-state index in [1.165, 1.54) is 0 Å². The van der Waals surface area contributed by atoms with Crippen LogP contribution in [0.5, 0.6) is 11.5 Å². The molecule has 0 radical (unpaired) electrons. The fraction of sp³-hybridized carbons (Fsp3) is 0.318. The van der Waals surface area contributed by atoms with E-state index in [1.807, 2.05) is 29.2 Å². The number of ether oxygens (including phenoxy) is 2. The Morgan fingerprint density at radius 1 is 1.21 bits per heavy atom. The number of para-hydroxylation sites is 1. The maximum atomic E-state index is 12.9. The molecule has 1 fully saturated rings. The first kappa shape index (κ1) is 19.1. The van der Waals surface area contributed by atoms with Gasteiger partial charge < -0.3 is 14.8 Å². The number of likely N-dealkylation sites (tertiary alicyclic amines) is 1. The van der Waals surface area contributed by atoms with Crippen molar-refractivity contribution in [3.63, 3.8) is 0 Å². The normalized spacial score (nSPS) is 18.3. The van der Waals surface area contributed by atoms with Crippen LogP contribution in [0.4, 0.5) is 11.4 Å². The first-order chi connectivity index (χ1) is 14.1. The molecule has 4 rings (SSSR count). The van der Waals surface area contributed by atoms with E-state index < -0.39 is 0 Å². The lowest BCUT2D eigenvalue weighted by atomic mass is 9.85. The molecular weight excluding hydrogens is 370 g/mol. The van der Waals surface area contributed by atoms with Crippen molar-refractivity contribution < 1.29 is 19.1 Å². The van der Waals surface area contributed by atoms with Crippen molar-refractivity contribution in [2.75, 3.05) is 39.2 Å². The molecular formula is C22H23N3O4. The Labute approximate surface area is 169 Å². The Kier molecular flexibility index (Phi) is 5.31. The Bertz CT molecular complexity index is 986. The number of hydrogen-bond acceptors (Lipinski definition) is 6. The third kappa shape index (κ3) is 3.86. The molecule has 2 heterocycles. The van der Waals surface area contributed by atoms with Crippen LogP contribution < -0.4 is 14.8 Å². The second kappa shape index (κ2) is 8.05. The monoisotopic (exact) mass is 393 g/mol. The van der Waals surface area contributed by atoms with Gasteiger partial charge in [0.15, 0.2) is 5.78 Å². The van der Waals surface area contributed by atoms with Gasteiger partial charge >= 0.3 is 0 Å². The first-order valence-corrected chi connectivity index (χ1v) is 9.54. The lowest BCUT2D eigenvalue weighted by Crippen LogP contribution is -2.47. The predicted molar refractivity (Wildman–Crippen MR) is 111 cm³/mol. The highest BCUT2D eigenvalue weighted by Crippen LogP contribution is 2.32. The highest BCUT2D eigenvalue weighted by molar-refractivity contribution is 6.18. The molecule has 0 bridgehead atoms. The minimum absolute atomic E-state index is 0.0903. The van der Waals surface area contributed by atoms with Crippen LogP contribution >= 0.6 is 0 Å². The molecule has 2 aliphatic rings. The molecule has 29 heavy (non-hydrogen) atoms. The molecule has 7 nitrogen and oxygen atoms in total. The van der Waals surface area contributed by atoms with Gasteiger partial charge in [0.2, 0.25) is 5.91 Å². The second-order valence-corrected chi connectivity index (χ2v) is 7.14. The van der Waals surface area contributed by atoms with Gasteiger partial charge in [0.25, 0.3) is 0 Å². The number of Topliss-reactive ketones (excluding diaryl/α,β-unsaturated/α-hetero) is 1. The number of benzene rings is 2. The number of anilines is 1. The summed E-state index contributed by atoms with van der Waals surface area (Å²) in [7, 11) is 3.12. The summed E-state index contributed by atoms with van der Waals surface area (Å²) in [5, 5.41) is 2.88. The molecule has 0 aliphatic carbocycles. The Morgan fingerprint density at radius 2 is 2.03 bits per heavy atom. The molecule has 2 aromatic rings. The summed E-state index contributed by atoms with van der Waals surface area (Å²) in [4.78, 5) is 32.1. The van der Waals surface area contributed by atoms with E-state index in [9.17, 15) is 9.59 Å². The van der Waals surface area contributed by atoms with Gasteiger partial charge in [-0.25, -0.2) is 0 Å². The SMILES string of the molecule is COc1ccc(NC(=O)CN2CCC3=Nc4ccccc4C(=O)C3C2)c(OC)c1. The fourth-order valence-electron chi connectivity index (χ4n) is 3.83. The number of fused-ring (bicyclic) bond motifs is 2. The summed E-state index contributed by atoms with van der Waals surface area (Å²) in [5.74, 6) is 0.843. The number of aliphatic imine (C=N–C) groups is 1. The summed E-state index contributed by atoms with van der Waals surface area (Å²) in [6, 6.07) is 12.7. The van der Waals surface area contributed by atoms with E-state index in [-0.39, 0.29) is 24.2 Å².